The molecule has 0 heterocycles. The van der Waals surface area contributed by atoms with Gasteiger partial charge in [-0.05, 0) is 18.6 Å². The Morgan fingerprint density at radius 3 is 2.35 bits per heavy atom. The molecule has 0 saturated heterocycles. The highest BCUT2D eigenvalue weighted by atomic mass is 32.2. The molecule has 6 heteroatoms. The first-order valence-electron chi connectivity index (χ1n) is 5.15. The zero-order valence-corrected chi connectivity index (χ0v) is 10.4. The van der Waals surface area contributed by atoms with E-state index in [4.69, 9.17) is 5.73 Å². The summed E-state index contributed by atoms with van der Waals surface area (Å²) in [6, 6.07) is 8.76. The molecule has 1 amide bonds. The minimum absolute atomic E-state index is 0.312. The minimum atomic E-state index is -2.32. The molecule has 5 nitrogen and oxygen atoms in total. The Hall–Kier alpha value is -1.24. The number of carbonyl (C=O) groups excluding carboxylic acids is 1. The van der Waals surface area contributed by atoms with Crippen LogP contribution in [-0.4, -0.2) is 21.3 Å². The smallest absolute Gasteiger partial charge is 0.248 e. The van der Waals surface area contributed by atoms with Gasteiger partial charge in [0.05, 0.1) is 18.0 Å². The fraction of sp³-hybridized carbons (Fsp3) is 0.364. The van der Waals surface area contributed by atoms with E-state index in [1.54, 1.807) is 24.3 Å². The Morgan fingerprint density at radius 2 is 2.00 bits per heavy atom. The van der Waals surface area contributed by atoms with E-state index in [0.717, 1.165) is 12.8 Å². The lowest BCUT2D eigenvalue weighted by Gasteiger charge is -2.02. The molecule has 1 aromatic carbocycles. The first-order chi connectivity index (χ1) is 8.07. The molecule has 0 aliphatic heterocycles. The molecule has 0 spiro atoms. The first-order valence-corrected chi connectivity index (χ1v) is 6.15. The van der Waals surface area contributed by atoms with Crippen LogP contribution in [0.25, 0.3) is 0 Å². The van der Waals surface area contributed by atoms with Gasteiger partial charge in [-0.1, -0.05) is 31.5 Å². The van der Waals surface area contributed by atoms with Crippen LogP contribution in [-0.2, 0) is 15.5 Å². The summed E-state index contributed by atoms with van der Waals surface area (Å²) in [5.74, 6) is -0.379. The van der Waals surface area contributed by atoms with E-state index >= 15 is 0 Å². The lowest BCUT2D eigenvalue weighted by Crippen LogP contribution is -2.09. The zero-order chi connectivity index (χ0) is 13.1. The highest BCUT2D eigenvalue weighted by Crippen LogP contribution is 1.94. The number of carbonyl (C=O) groups is 1. The van der Waals surface area contributed by atoms with Crippen molar-refractivity contribution in [1.29, 1.82) is 0 Å². The van der Waals surface area contributed by atoms with Gasteiger partial charge < -0.3 is 14.5 Å². The van der Waals surface area contributed by atoms with E-state index < -0.39 is 11.4 Å². The SMILES string of the molecule is CCCCOS(=O)[O-].NC(=O)c1ccccc1. The van der Waals surface area contributed by atoms with Gasteiger partial charge in [-0.3, -0.25) is 4.79 Å². The van der Waals surface area contributed by atoms with Crippen molar-refractivity contribution >= 4 is 17.3 Å². The average molecular weight is 258 g/mol. The van der Waals surface area contributed by atoms with Gasteiger partial charge in [0.2, 0.25) is 5.91 Å². The highest BCUT2D eigenvalue weighted by molar-refractivity contribution is 7.74. The van der Waals surface area contributed by atoms with Gasteiger partial charge >= 0.3 is 0 Å². The normalized spacial score (nSPS) is 11.2. The van der Waals surface area contributed by atoms with E-state index in [1.807, 2.05) is 13.0 Å². The largest absolute Gasteiger partial charge is 0.750 e. The molecule has 0 aliphatic carbocycles. The molecular formula is C11H16NO4S-. The Kier molecular flexibility index (Phi) is 9.22. The molecule has 0 aliphatic rings. The maximum Gasteiger partial charge on any atom is 0.248 e. The van der Waals surface area contributed by atoms with E-state index in [0.29, 0.717) is 12.2 Å². The van der Waals surface area contributed by atoms with Crippen molar-refractivity contribution in [3.63, 3.8) is 0 Å². The van der Waals surface area contributed by atoms with Crippen LogP contribution < -0.4 is 5.73 Å². The predicted molar refractivity (Wildman–Crippen MR) is 64.7 cm³/mol. The topological polar surface area (TPSA) is 92.4 Å². The summed E-state index contributed by atoms with van der Waals surface area (Å²) < 4.78 is 23.5. The van der Waals surface area contributed by atoms with Gasteiger partial charge in [0.1, 0.15) is 0 Å². The predicted octanol–water partition coefficient (Wildman–Crippen LogP) is 1.38. The van der Waals surface area contributed by atoms with Crippen LogP contribution in [0.3, 0.4) is 0 Å². The second-order valence-electron chi connectivity index (χ2n) is 3.11. The minimum Gasteiger partial charge on any atom is -0.750 e. The van der Waals surface area contributed by atoms with Gasteiger partial charge in [-0.25, -0.2) is 4.21 Å². The molecule has 1 rings (SSSR count). The molecule has 96 valence electrons. The quantitative estimate of drug-likeness (QED) is 0.638. The van der Waals surface area contributed by atoms with Crippen molar-refractivity contribution in [2.24, 2.45) is 5.73 Å². The van der Waals surface area contributed by atoms with Crippen LogP contribution in [0.1, 0.15) is 30.1 Å². The molecule has 0 saturated carbocycles. The fourth-order valence-electron chi connectivity index (χ4n) is 0.874. The van der Waals surface area contributed by atoms with Crippen molar-refractivity contribution in [2.45, 2.75) is 19.8 Å². The summed E-state index contributed by atoms with van der Waals surface area (Å²) in [4.78, 5) is 10.4. The van der Waals surface area contributed by atoms with Crippen LogP contribution in [0.5, 0.6) is 0 Å². The van der Waals surface area contributed by atoms with Gasteiger partial charge in [0.15, 0.2) is 0 Å². The van der Waals surface area contributed by atoms with Crippen LogP contribution >= 0.6 is 0 Å². The first kappa shape index (κ1) is 15.8. The number of amides is 1. The third-order valence-electron chi connectivity index (χ3n) is 1.74. The molecule has 0 fully saturated rings. The number of hydrogen-bond donors (Lipinski definition) is 1. The number of unbranched alkanes of at least 4 members (excludes halogenated alkanes) is 1. The van der Waals surface area contributed by atoms with Gasteiger partial charge in [0, 0.05) is 5.56 Å². The Morgan fingerprint density at radius 1 is 1.41 bits per heavy atom. The summed E-state index contributed by atoms with van der Waals surface area (Å²) in [6.07, 6.45) is 1.76. The molecule has 0 aromatic heterocycles. The van der Waals surface area contributed by atoms with Crippen LogP contribution in [0.4, 0.5) is 0 Å². The summed E-state index contributed by atoms with van der Waals surface area (Å²) in [5, 5.41) is 0. The average Bonchev–Trinajstić information content (AvgIpc) is 2.31. The monoisotopic (exact) mass is 258 g/mol. The maximum atomic E-state index is 10.4. The van der Waals surface area contributed by atoms with Crippen molar-refractivity contribution in [3.8, 4) is 0 Å². The number of primary amides is 1. The summed E-state index contributed by atoms with van der Waals surface area (Å²) in [6.45, 7) is 2.28. The Balaban J connectivity index is 0.000000304. The van der Waals surface area contributed by atoms with Crippen molar-refractivity contribution < 1.29 is 17.7 Å². The molecule has 2 N–H and O–H groups in total. The molecule has 0 bridgehead atoms. The van der Waals surface area contributed by atoms with Gasteiger partial charge in [0.25, 0.3) is 0 Å². The lowest BCUT2D eigenvalue weighted by atomic mass is 10.2. The van der Waals surface area contributed by atoms with Crippen LogP contribution in [0.2, 0.25) is 0 Å². The summed E-state index contributed by atoms with van der Waals surface area (Å²) in [7, 11) is 0. The molecule has 1 atom stereocenters. The summed E-state index contributed by atoms with van der Waals surface area (Å²) in [5.41, 5.74) is 5.53. The Bertz CT molecular complexity index is 343. The molecule has 1 unspecified atom stereocenters. The second-order valence-corrected chi connectivity index (χ2v) is 3.75. The van der Waals surface area contributed by atoms with Gasteiger partial charge in [-0.2, -0.15) is 0 Å². The van der Waals surface area contributed by atoms with Gasteiger partial charge in [-0.15, -0.1) is 0 Å². The van der Waals surface area contributed by atoms with E-state index in [1.165, 1.54) is 0 Å². The van der Waals surface area contributed by atoms with E-state index in [2.05, 4.69) is 4.18 Å². The Labute approximate surface area is 103 Å². The summed E-state index contributed by atoms with van der Waals surface area (Å²) >= 11 is -2.32. The maximum absolute atomic E-state index is 10.4. The van der Waals surface area contributed by atoms with Crippen molar-refractivity contribution in [3.05, 3.63) is 35.9 Å². The van der Waals surface area contributed by atoms with Crippen molar-refractivity contribution in [2.75, 3.05) is 6.61 Å². The number of benzene rings is 1. The molecule has 0 radical (unpaired) electrons. The standard InChI is InChI=1S/C7H7NO.C4H10O3S/c8-7(9)6-4-2-1-3-5-6;1-2-3-4-7-8(5)6/h1-5H,(H2,8,9);2-4H2,1H3,(H,5,6)/p-1. The number of rotatable bonds is 5. The highest BCUT2D eigenvalue weighted by Gasteiger charge is 1.93. The van der Waals surface area contributed by atoms with E-state index in [9.17, 15) is 13.6 Å². The van der Waals surface area contributed by atoms with E-state index in [-0.39, 0.29) is 5.91 Å². The zero-order valence-electron chi connectivity index (χ0n) is 9.63. The fourth-order valence-corrected chi connectivity index (χ4v) is 1.13. The second kappa shape index (κ2) is 9.95. The molecule has 1 aromatic rings. The molecule has 17 heavy (non-hydrogen) atoms. The third-order valence-corrected chi connectivity index (χ3v) is 2.09. The lowest BCUT2D eigenvalue weighted by molar-refractivity contribution is 0.100. The van der Waals surface area contributed by atoms with Crippen LogP contribution in [0, 0.1) is 0 Å². The third kappa shape index (κ3) is 9.68. The van der Waals surface area contributed by atoms with Crippen LogP contribution in [0.15, 0.2) is 30.3 Å². The number of hydrogen-bond acceptors (Lipinski definition) is 4. The molecular weight excluding hydrogens is 242 g/mol. The number of nitrogens with two attached hydrogens (primary N) is 1. The van der Waals surface area contributed by atoms with Crippen molar-refractivity contribution in [1.82, 2.24) is 0 Å².